The van der Waals surface area contributed by atoms with E-state index in [9.17, 15) is 4.91 Å². The first-order chi connectivity index (χ1) is 5.40. The van der Waals surface area contributed by atoms with Gasteiger partial charge in [0.1, 0.15) is 0 Å². The summed E-state index contributed by atoms with van der Waals surface area (Å²) in [5, 5.41) is 9.91. The Kier molecular flexibility index (Phi) is 1.43. The summed E-state index contributed by atoms with van der Waals surface area (Å²) in [4.78, 5) is 10.1. The first-order valence-electron chi connectivity index (χ1n) is 3.51. The summed E-state index contributed by atoms with van der Waals surface area (Å²) >= 11 is 0. The van der Waals surface area contributed by atoms with E-state index in [1.54, 1.807) is 6.07 Å². The molecule has 1 aliphatic rings. The predicted molar refractivity (Wildman–Crippen MR) is 39.4 cm³/mol. The van der Waals surface area contributed by atoms with E-state index in [0.29, 0.717) is 0 Å². The van der Waals surface area contributed by atoms with Crippen molar-refractivity contribution in [2.75, 3.05) is 6.54 Å². The minimum atomic E-state index is 0.281. The standard InChI is InChI=1S/C6H8N4O/c11-9-6-3-5-4-7-1-2-10(5)8-6/h3,7H,1-2,4H2. The summed E-state index contributed by atoms with van der Waals surface area (Å²) in [5.41, 5.74) is 1.03. The largest absolute Gasteiger partial charge is 0.309 e. The molecule has 1 aromatic heterocycles. The Bertz CT molecular complexity index is 257. The van der Waals surface area contributed by atoms with E-state index < -0.39 is 0 Å². The number of hydrogen-bond donors (Lipinski definition) is 1. The van der Waals surface area contributed by atoms with Crippen LogP contribution in [0.2, 0.25) is 0 Å². The Hall–Kier alpha value is -1.23. The van der Waals surface area contributed by atoms with E-state index >= 15 is 0 Å². The Morgan fingerprint density at radius 3 is 3.36 bits per heavy atom. The lowest BCUT2D eigenvalue weighted by molar-refractivity contribution is 0.476. The zero-order chi connectivity index (χ0) is 7.68. The molecular formula is C6H8N4O. The van der Waals surface area contributed by atoms with Crippen LogP contribution in [0, 0.1) is 4.91 Å². The van der Waals surface area contributed by atoms with Gasteiger partial charge >= 0.3 is 0 Å². The second-order valence-electron chi connectivity index (χ2n) is 2.49. The van der Waals surface area contributed by atoms with Crippen LogP contribution in [-0.4, -0.2) is 16.3 Å². The van der Waals surface area contributed by atoms with E-state index in [1.807, 2.05) is 4.68 Å². The van der Waals surface area contributed by atoms with Crippen LogP contribution in [0.15, 0.2) is 11.2 Å². The summed E-state index contributed by atoms with van der Waals surface area (Å²) in [6, 6.07) is 1.71. The highest BCUT2D eigenvalue weighted by molar-refractivity contribution is 5.28. The van der Waals surface area contributed by atoms with Crippen LogP contribution in [0.25, 0.3) is 0 Å². The highest BCUT2D eigenvalue weighted by Crippen LogP contribution is 2.13. The van der Waals surface area contributed by atoms with Crippen molar-refractivity contribution in [1.29, 1.82) is 0 Å². The Labute approximate surface area is 63.4 Å². The fourth-order valence-corrected chi connectivity index (χ4v) is 1.22. The van der Waals surface area contributed by atoms with E-state index in [2.05, 4.69) is 15.6 Å². The molecule has 2 heterocycles. The smallest absolute Gasteiger partial charge is 0.217 e. The Morgan fingerprint density at radius 1 is 1.73 bits per heavy atom. The maximum Gasteiger partial charge on any atom is 0.217 e. The van der Waals surface area contributed by atoms with E-state index in [4.69, 9.17) is 0 Å². The third-order valence-electron chi connectivity index (χ3n) is 1.75. The van der Waals surface area contributed by atoms with Crippen LogP contribution in [-0.2, 0) is 13.1 Å². The van der Waals surface area contributed by atoms with Gasteiger partial charge in [0.15, 0.2) is 0 Å². The van der Waals surface area contributed by atoms with Crippen LogP contribution in [0.3, 0.4) is 0 Å². The van der Waals surface area contributed by atoms with Crippen LogP contribution in [0.5, 0.6) is 0 Å². The molecule has 1 aliphatic heterocycles. The molecule has 1 aromatic rings. The van der Waals surface area contributed by atoms with Gasteiger partial charge in [-0.05, 0) is 5.18 Å². The lowest BCUT2D eigenvalue weighted by Crippen LogP contribution is -2.28. The molecule has 58 valence electrons. The molecular weight excluding hydrogens is 144 g/mol. The van der Waals surface area contributed by atoms with Crippen LogP contribution in [0.1, 0.15) is 5.69 Å². The minimum absolute atomic E-state index is 0.281. The second-order valence-corrected chi connectivity index (χ2v) is 2.49. The molecule has 5 nitrogen and oxygen atoms in total. The fourth-order valence-electron chi connectivity index (χ4n) is 1.22. The highest BCUT2D eigenvalue weighted by Gasteiger charge is 2.10. The fraction of sp³-hybridized carbons (Fsp3) is 0.500. The summed E-state index contributed by atoms with van der Waals surface area (Å²) in [5.74, 6) is 0.281. The van der Waals surface area contributed by atoms with Crippen LogP contribution >= 0.6 is 0 Å². The summed E-state index contributed by atoms with van der Waals surface area (Å²) in [6.07, 6.45) is 0. The quantitative estimate of drug-likeness (QED) is 0.592. The van der Waals surface area contributed by atoms with Crippen molar-refractivity contribution in [2.45, 2.75) is 13.1 Å². The van der Waals surface area contributed by atoms with Gasteiger partial charge < -0.3 is 5.32 Å². The first-order valence-corrected chi connectivity index (χ1v) is 3.51. The van der Waals surface area contributed by atoms with Gasteiger partial charge in [-0.2, -0.15) is 0 Å². The van der Waals surface area contributed by atoms with Gasteiger partial charge in [-0.15, -0.1) is 10.0 Å². The van der Waals surface area contributed by atoms with Gasteiger partial charge in [-0.1, -0.05) is 0 Å². The third kappa shape index (κ3) is 1.03. The average Bonchev–Trinajstić information content (AvgIpc) is 2.46. The van der Waals surface area contributed by atoms with Gasteiger partial charge in [0, 0.05) is 19.2 Å². The second kappa shape index (κ2) is 2.43. The molecule has 0 unspecified atom stereocenters. The van der Waals surface area contributed by atoms with Crippen molar-refractivity contribution < 1.29 is 0 Å². The molecule has 0 spiro atoms. The van der Waals surface area contributed by atoms with Gasteiger partial charge in [0.25, 0.3) is 0 Å². The van der Waals surface area contributed by atoms with Gasteiger partial charge in [-0.25, -0.2) is 0 Å². The maximum atomic E-state index is 10.1. The maximum absolute atomic E-state index is 10.1. The third-order valence-corrected chi connectivity index (χ3v) is 1.75. The molecule has 0 saturated heterocycles. The average molecular weight is 152 g/mol. The number of rotatable bonds is 1. The predicted octanol–water partition coefficient (Wildman–Crippen LogP) is 0.384. The number of nitrogens with zero attached hydrogens (tertiary/aromatic N) is 3. The molecule has 11 heavy (non-hydrogen) atoms. The van der Waals surface area contributed by atoms with Crippen LogP contribution < -0.4 is 5.32 Å². The Balaban J connectivity index is 2.39. The van der Waals surface area contributed by atoms with Crippen molar-refractivity contribution >= 4 is 5.82 Å². The molecule has 1 N–H and O–H groups in total. The van der Waals surface area contributed by atoms with Crippen molar-refractivity contribution in [2.24, 2.45) is 5.18 Å². The monoisotopic (exact) mass is 152 g/mol. The minimum Gasteiger partial charge on any atom is -0.309 e. The summed E-state index contributed by atoms with van der Waals surface area (Å²) < 4.78 is 1.81. The summed E-state index contributed by atoms with van der Waals surface area (Å²) in [6.45, 7) is 2.51. The lowest BCUT2D eigenvalue weighted by Gasteiger charge is -2.13. The molecule has 0 fully saturated rings. The number of nitrogens with one attached hydrogen (secondary N) is 1. The van der Waals surface area contributed by atoms with E-state index in [-0.39, 0.29) is 5.82 Å². The molecule has 0 atom stereocenters. The SMILES string of the molecule is O=Nc1cc2n(n1)CCNC2. The molecule has 0 bridgehead atoms. The molecule has 0 aliphatic carbocycles. The van der Waals surface area contributed by atoms with Crippen molar-refractivity contribution in [3.63, 3.8) is 0 Å². The number of hydrogen-bond acceptors (Lipinski definition) is 4. The zero-order valence-electron chi connectivity index (χ0n) is 5.95. The summed E-state index contributed by atoms with van der Waals surface area (Å²) in [7, 11) is 0. The van der Waals surface area contributed by atoms with Gasteiger partial charge in [0.2, 0.25) is 5.82 Å². The highest BCUT2D eigenvalue weighted by atomic mass is 16.3. The molecule has 5 heteroatoms. The molecule has 0 amide bonds. The van der Waals surface area contributed by atoms with Gasteiger partial charge in [-0.3, -0.25) is 4.68 Å². The Morgan fingerprint density at radius 2 is 2.64 bits per heavy atom. The van der Waals surface area contributed by atoms with E-state index in [1.165, 1.54) is 0 Å². The van der Waals surface area contributed by atoms with Crippen molar-refractivity contribution in [1.82, 2.24) is 15.1 Å². The number of nitroso groups, excluding NO2 is 1. The van der Waals surface area contributed by atoms with Gasteiger partial charge in [0.05, 0.1) is 12.2 Å². The first kappa shape index (κ1) is 6.48. The lowest BCUT2D eigenvalue weighted by atomic mass is 10.3. The number of fused-ring (bicyclic) bond motifs is 1. The van der Waals surface area contributed by atoms with Crippen LogP contribution in [0.4, 0.5) is 5.82 Å². The number of aromatic nitrogens is 2. The molecule has 0 aromatic carbocycles. The molecule has 0 radical (unpaired) electrons. The normalized spacial score (nSPS) is 16.0. The van der Waals surface area contributed by atoms with E-state index in [0.717, 1.165) is 25.3 Å². The molecule has 2 rings (SSSR count). The topological polar surface area (TPSA) is 59.3 Å². The van der Waals surface area contributed by atoms with Crippen molar-refractivity contribution in [3.8, 4) is 0 Å². The van der Waals surface area contributed by atoms with Crippen molar-refractivity contribution in [3.05, 3.63) is 16.7 Å². The zero-order valence-corrected chi connectivity index (χ0v) is 5.95. The molecule has 0 saturated carbocycles.